The number of methoxy groups -OCH3 is 1. The molecule has 0 radical (unpaired) electrons. The highest BCUT2D eigenvalue weighted by molar-refractivity contribution is 7.91. The lowest BCUT2D eigenvalue weighted by atomic mass is 10.1. The number of rotatable bonds is 5. The SMILES string of the molecule is COCC(C)(C)NC(=O)c1csc(S(N)(=O)=O)c1. The maximum atomic E-state index is 11.9. The second kappa shape index (κ2) is 5.35. The van der Waals surface area contributed by atoms with Crippen molar-refractivity contribution in [2.24, 2.45) is 5.14 Å². The average Bonchev–Trinajstić information content (AvgIpc) is 2.63. The Morgan fingerprint density at radius 2 is 2.17 bits per heavy atom. The van der Waals surface area contributed by atoms with E-state index in [4.69, 9.17) is 9.88 Å². The standard InChI is InChI=1S/C10H16N2O4S2/c1-10(2,6-16-3)12-9(13)7-4-8(17-5-7)18(11,14)15/h4-5H,6H2,1-3H3,(H,12,13)(H2,11,14,15). The van der Waals surface area contributed by atoms with Crippen molar-refractivity contribution < 1.29 is 17.9 Å². The predicted molar refractivity (Wildman–Crippen MR) is 69.1 cm³/mol. The van der Waals surface area contributed by atoms with Crippen molar-refractivity contribution in [1.82, 2.24) is 5.32 Å². The number of amides is 1. The zero-order valence-electron chi connectivity index (χ0n) is 10.4. The third-order valence-electron chi connectivity index (χ3n) is 2.08. The van der Waals surface area contributed by atoms with Gasteiger partial charge in [0.2, 0.25) is 10.0 Å². The molecule has 0 aromatic carbocycles. The number of thiophene rings is 1. The molecule has 18 heavy (non-hydrogen) atoms. The smallest absolute Gasteiger partial charge is 0.252 e. The Morgan fingerprint density at radius 1 is 1.56 bits per heavy atom. The second-order valence-corrected chi connectivity index (χ2v) is 7.17. The number of nitrogens with one attached hydrogen (secondary N) is 1. The highest BCUT2D eigenvalue weighted by atomic mass is 32.2. The number of hydrogen-bond acceptors (Lipinski definition) is 5. The Hall–Kier alpha value is -0.960. The largest absolute Gasteiger partial charge is 0.382 e. The fourth-order valence-corrected chi connectivity index (χ4v) is 2.95. The molecular weight excluding hydrogens is 276 g/mol. The summed E-state index contributed by atoms with van der Waals surface area (Å²) in [5.74, 6) is -0.358. The summed E-state index contributed by atoms with van der Waals surface area (Å²) in [6.07, 6.45) is 0. The molecule has 1 aromatic rings. The topological polar surface area (TPSA) is 98.5 Å². The van der Waals surface area contributed by atoms with Crippen LogP contribution in [0.15, 0.2) is 15.7 Å². The van der Waals surface area contributed by atoms with E-state index < -0.39 is 15.6 Å². The first-order valence-electron chi connectivity index (χ1n) is 5.08. The van der Waals surface area contributed by atoms with Crippen molar-refractivity contribution >= 4 is 27.3 Å². The summed E-state index contributed by atoms with van der Waals surface area (Å²) in [5, 5.41) is 9.18. The highest BCUT2D eigenvalue weighted by Crippen LogP contribution is 2.19. The molecule has 0 bridgehead atoms. The molecule has 3 N–H and O–H groups in total. The van der Waals surface area contributed by atoms with E-state index in [1.54, 1.807) is 13.8 Å². The van der Waals surface area contributed by atoms with Gasteiger partial charge in [0.15, 0.2) is 0 Å². The lowest BCUT2D eigenvalue weighted by Crippen LogP contribution is -2.46. The number of carbonyl (C=O) groups excluding carboxylic acids is 1. The molecule has 0 spiro atoms. The van der Waals surface area contributed by atoms with Crippen molar-refractivity contribution in [3.8, 4) is 0 Å². The summed E-state index contributed by atoms with van der Waals surface area (Å²) in [7, 11) is -2.22. The van der Waals surface area contributed by atoms with Crippen LogP contribution in [0.2, 0.25) is 0 Å². The van der Waals surface area contributed by atoms with Crippen molar-refractivity contribution in [3.05, 3.63) is 17.0 Å². The number of sulfonamides is 1. The van der Waals surface area contributed by atoms with Gasteiger partial charge in [0.05, 0.1) is 17.7 Å². The molecule has 0 aliphatic heterocycles. The maximum absolute atomic E-state index is 11.9. The van der Waals surface area contributed by atoms with E-state index in [1.165, 1.54) is 18.6 Å². The molecule has 0 aliphatic rings. The Balaban J connectivity index is 2.83. The summed E-state index contributed by atoms with van der Waals surface area (Å²) < 4.78 is 27.1. The van der Waals surface area contributed by atoms with Gasteiger partial charge in [0.1, 0.15) is 4.21 Å². The molecule has 6 nitrogen and oxygen atoms in total. The van der Waals surface area contributed by atoms with Crippen molar-refractivity contribution in [3.63, 3.8) is 0 Å². The molecule has 0 aliphatic carbocycles. The van der Waals surface area contributed by atoms with Gasteiger partial charge in [-0.05, 0) is 19.9 Å². The van der Waals surface area contributed by atoms with Gasteiger partial charge in [-0.25, -0.2) is 13.6 Å². The van der Waals surface area contributed by atoms with E-state index in [0.29, 0.717) is 6.61 Å². The summed E-state index contributed by atoms with van der Waals surface area (Å²) in [6.45, 7) is 3.97. The summed E-state index contributed by atoms with van der Waals surface area (Å²) in [5.41, 5.74) is -0.261. The van der Waals surface area contributed by atoms with Gasteiger partial charge >= 0.3 is 0 Å². The molecule has 0 fully saturated rings. The number of primary sulfonamides is 1. The van der Waals surface area contributed by atoms with E-state index in [1.807, 2.05) is 0 Å². The van der Waals surface area contributed by atoms with Crippen LogP contribution in [-0.2, 0) is 14.8 Å². The molecule has 0 unspecified atom stereocenters. The number of carbonyl (C=O) groups is 1. The minimum absolute atomic E-state index is 0.0304. The average molecular weight is 292 g/mol. The van der Waals surface area contributed by atoms with Crippen LogP contribution in [-0.4, -0.2) is 33.6 Å². The lowest BCUT2D eigenvalue weighted by molar-refractivity contribution is 0.0820. The van der Waals surface area contributed by atoms with Gasteiger partial charge in [-0.2, -0.15) is 0 Å². The molecule has 0 saturated heterocycles. The molecule has 1 rings (SSSR count). The highest BCUT2D eigenvalue weighted by Gasteiger charge is 2.22. The lowest BCUT2D eigenvalue weighted by Gasteiger charge is -2.24. The molecule has 1 amide bonds. The van der Waals surface area contributed by atoms with Crippen molar-refractivity contribution in [2.45, 2.75) is 23.6 Å². The maximum Gasteiger partial charge on any atom is 0.252 e. The first kappa shape index (κ1) is 15.1. The zero-order chi connectivity index (χ0) is 14.0. The van der Waals surface area contributed by atoms with Crippen LogP contribution in [0.1, 0.15) is 24.2 Å². The third kappa shape index (κ3) is 4.05. The van der Waals surface area contributed by atoms with E-state index in [9.17, 15) is 13.2 Å². The first-order valence-corrected chi connectivity index (χ1v) is 7.51. The molecule has 102 valence electrons. The van der Waals surface area contributed by atoms with E-state index >= 15 is 0 Å². The van der Waals surface area contributed by atoms with Crippen LogP contribution in [0.3, 0.4) is 0 Å². The third-order valence-corrected chi connectivity index (χ3v) is 4.46. The fourth-order valence-electron chi connectivity index (χ4n) is 1.36. The first-order chi connectivity index (χ1) is 8.15. The van der Waals surface area contributed by atoms with Crippen molar-refractivity contribution in [2.75, 3.05) is 13.7 Å². The fraction of sp³-hybridized carbons (Fsp3) is 0.500. The van der Waals surface area contributed by atoms with Gasteiger partial charge in [-0.1, -0.05) is 0 Å². The summed E-state index contributed by atoms with van der Waals surface area (Å²) in [6, 6.07) is 1.26. The van der Waals surface area contributed by atoms with Crippen LogP contribution >= 0.6 is 11.3 Å². The quantitative estimate of drug-likeness (QED) is 0.828. The summed E-state index contributed by atoms with van der Waals surface area (Å²) in [4.78, 5) is 11.9. The zero-order valence-corrected chi connectivity index (χ0v) is 12.0. The van der Waals surface area contributed by atoms with Gasteiger partial charge < -0.3 is 10.1 Å². The van der Waals surface area contributed by atoms with Crippen LogP contribution in [0, 0.1) is 0 Å². The molecule has 0 saturated carbocycles. The van der Waals surface area contributed by atoms with E-state index in [-0.39, 0.29) is 15.7 Å². The molecular formula is C10H16N2O4S2. The van der Waals surface area contributed by atoms with Crippen molar-refractivity contribution in [1.29, 1.82) is 0 Å². The Kier molecular flexibility index (Phi) is 4.49. The number of nitrogens with two attached hydrogens (primary N) is 1. The number of ether oxygens (including phenoxy) is 1. The van der Waals surface area contributed by atoms with E-state index in [0.717, 1.165) is 11.3 Å². The molecule has 1 heterocycles. The molecule has 1 aromatic heterocycles. The van der Waals surface area contributed by atoms with Crippen LogP contribution < -0.4 is 10.5 Å². The Morgan fingerprint density at radius 3 is 2.61 bits per heavy atom. The number of hydrogen-bond donors (Lipinski definition) is 2. The van der Waals surface area contributed by atoms with Gasteiger partial charge in [-0.3, -0.25) is 4.79 Å². The van der Waals surface area contributed by atoms with Gasteiger partial charge in [0, 0.05) is 12.5 Å². The Bertz CT molecular complexity index is 534. The minimum Gasteiger partial charge on any atom is -0.382 e. The van der Waals surface area contributed by atoms with Crippen LogP contribution in [0.5, 0.6) is 0 Å². The van der Waals surface area contributed by atoms with Gasteiger partial charge in [-0.15, -0.1) is 11.3 Å². The van der Waals surface area contributed by atoms with E-state index in [2.05, 4.69) is 5.32 Å². The van der Waals surface area contributed by atoms with Gasteiger partial charge in [0.25, 0.3) is 5.91 Å². The predicted octanol–water partition coefficient (Wildman–Crippen LogP) is 0.550. The van der Waals surface area contributed by atoms with Crippen LogP contribution in [0.4, 0.5) is 0 Å². The molecule has 0 atom stereocenters. The Labute approximate surface area is 110 Å². The second-order valence-electron chi connectivity index (χ2n) is 4.47. The monoisotopic (exact) mass is 292 g/mol. The normalized spacial score (nSPS) is 12.4. The minimum atomic E-state index is -3.76. The summed E-state index contributed by atoms with van der Waals surface area (Å²) >= 11 is 0.919. The van der Waals surface area contributed by atoms with Crippen LogP contribution in [0.25, 0.3) is 0 Å². The molecule has 8 heteroatoms.